The molecular formula is C53H58F4N10O5. The number of likely N-dealkylation sites (tertiary alicyclic amines) is 2. The van der Waals surface area contributed by atoms with Crippen LogP contribution in [0.5, 0.6) is 0 Å². The van der Waals surface area contributed by atoms with Crippen LogP contribution in [0.15, 0.2) is 59.7 Å². The maximum absolute atomic E-state index is 15.9. The zero-order chi connectivity index (χ0) is 50.2. The molecule has 1 unspecified atom stereocenters. The number of hydrogen-bond acceptors (Lipinski definition) is 10. The van der Waals surface area contributed by atoms with Crippen LogP contribution in [-0.2, 0) is 39.9 Å². The fourth-order valence-corrected chi connectivity index (χ4v) is 12.1. The molecule has 15 nitrogen and oxygen atoms in total. The van der Waals surface area contributed by atoms with Crippen LogP contribution in [-0.4, -0.2) is 129 Å². The highest BCUT2D eigenvalue weighted by Crippen LogP contribution is 2.58. The summed E-state index contributed by atoms with van der Waals surface area (Å²) < 4.78 is 65.4. The summed E-state index contributed by atoms with van der Waals surface area (Å²) in [6, 6.07) is 9.61. The lowest BCUT2D eigenvalue weighted by atomic mass is 9.87. The third-order valence-electron chi connectivity index (χ3n) is 16.4. The molecule has 3 aromatic heterocycles. The lowest BCUT2D eigenvalue weighted by molar-refractivity contribution is -0.135. The van der Waals surface area contributed by atoms with Gasteiger partial charge in [-0.2, -0.15) is 0 Å². The van der Waals surface area contributed by atoms with Crippen molar-refractivity contribution in [2.24, 2.45) is 13.0 Å². The first-order valence-electron chi connectivity index (χ1n) is 25.2. The second-order valence-electron chi connectivity index (χ2n) is 20.7. The van der Waals surface area contributed by atoms with E-state index >= 15 is 13.2 Å². The van der Waals surface area contributed by atoms with Gasteiger partial charge in [0, 0.05) is 119 Å². The summed E-state index contributed by atoms with van der Waals surface area (Å²) in [7, 11) is 3.43. The van der Waals surface area contributed by atoms with Gasteiger partial charge in [0.05, 0.1) is 28.7 Å². The topological polar surface area (TPSA) is 148 Å². The van der Waals surface area contributed by atoms with Crippen LogP contribution in [0.3, 0.4) is 0 Å². The molecule has 5 fully saturated rings. The van der Waals surface area contributed by atoms with Crippen LogP contribution in [0.25, 0.3) is 16.7 Å². The van der Waals surface area contributed by atoms with Gasteiger partial charge in [0.1, 0.15) is 29.1 Å². The predicted molar refractivity (Wildman–Crippen MR) is 261 cm³/mol. The number of fused-ring (bicyclic) bond motifs is 3. The van der Waals surface area contributed by atoms with Crippen molar-refractivity contribution in [3.05, 3.63) is 116 Å². The van der Waals surface area contributed by atoms with E-state index in [1.165, 1.54) is 39.9 Å². The number of nitrogens with one attached hydrogen (secondary N) is 2. The molecular weight excluding hydrogens is 933 g/mol. The minimum atomic E-state index is -0.832. The molecule has 5 aliphatic heterocycles. The summed E-state index contributed by atoms with van der Waals surface area (Å²) in [5.74, 6) is -3.84. The molecule has 5 aromatic rings. The number of halogens is 4. The molecule has 6 aliphatic rings. The van der Waals surface area contributed by atoms with E-state index in [1.54, 1.807) is 24.2 Å². The molecule has 1 aliphatic carbocycles. The van der Waals surface area contributed by atoms with Gasteiger partial charge in [-0.3, -0.25) is 48.6 Å². The summed E-state index contributed by atoms with van der Waals surface area (Å²) in [5.41, 5.74) is 2.84. The number of anilines is 2. The molecule has 1 spiro atoms. The number of aryl methyl sites for hydroxylation is 1. The van der Waals surface area contributed by atoms with Gasteiger partial charge in [-0.15, -0.1) is 0 Å². The van der Waals surface area contributed by atoms with E-state index in [4.69, 9.17) is 0 Å². The molecule has 4 amide bonds. The van der Waals surface area contributed by atoms with Crippen LogP contribution >= 0.6 is 0 Å². The van der Waals surface area contributed by atoms with Gasteiger partial charge in [-0.05, 0) is 112 Å². The van der Waals surface area contributed by atoms with Gasteiger partial charge >= 0.3 is 0 Å². The van der Waals surface area contributed by atoms with Crippen LogP contribution in [0.1, 0.15) is 90.0 Å². The zero-order valence-corrected chi connectivity index (χ0v) is 40.5. The Bertz CT molecular complexity index is 3050. The van der Waals surface area contributed by atoms with E-state index in [9.17, 15) is 28.4 Å². The third kappa shape index (κ3) is 8.65. The maximum Gasteiger partial charge on any atom is 0.257 e. The number of nitrogens with zero attached hydrogens (tertiary/aromatic N) is 8. The summed E-state index contributed by atoms with van der Waals surface area (Å²) in [5, 5.41) is 5.71. The highest BCUT2D eigenvalue weighted by molar-refractivity contribution is 6.15. The fourth-order valence-electron chi connectivity index (χ4n) is 12.1. The van der Waals surface area contributed by atoms with Crippen LogP contribution in [0.2, 0.25) is 0 Å². The molecule has 1 atom stereocenters. The van der Waals surface area contributed by atoms with E-state index < -0.39 is 40.6 Å². The number of amides is 4. The number of benzene rings is 2. The van der Waals surface area contributed by atoms with Crippen molar-refractivity contribution >= 4 is 46.0 Å². The van der Waals surface area contributed by atoms with E-state index in [1.807, 2.05) is 23.7 Å². The monoisotopic (exact) mass is 990 g/mol. The van der Waals surface area contributed by atoms with Crippen molar-refractivity contribution in [2.45, 2.75) is 81.8 Å². The maximum atomic E-state index is 15.9. The molecule has 0 bridgehead atoms. The van der Waals surface area contributed by atoms with Crippen molar-refractivity contribution in [1.29, 1.82) is 0 Å². The molecule has 2 aromatic carbocycles. The van der Waals surface area contributed by atoms with Crippen molar-refractivity contribution in [2.75, 3.05) is 76.2 Å². The highest BCUT2D eigenvalue weighted by Gasteiger charge is 2.61. The molecule has 4 saturated heterocycles. The highest BCUT2D eigenvalue weighted by atomic mass is 19.1. The Balaban J connectivity index is 0.651. The number of carbonyl (C=O) groups is 4. The Morgan fingerprint density at radius 2 is 1.47 bits per heavy atom. The fraction of sp³-hybridized carbons (Fsp3) is 0.472. The van der Waals surface area contributed by atoms with Gasteiger partial charge < -0.3 is 19.7 Å². The van der Waals surface area contributed by atoms with Gasteiger partial charge in [-0.1, -0.05) is 0 Å². The Kier molecular flexibility index (Phi) is 12.5. The minimum Gasteiger partial charge on any atom is -0.386 e. The third-order valence-corrected chi connectivity index (χ3v) is 16.4. The van der Waals surface area contributed by atoms with Gasteiger partial charge in [-0.25, -0.2) is 22.5 Å². The zero-order valence-electron chi connectivity index (χ0n) is 40.5. The number of piperazine rings is 1. The minimum absolute atomic E-state index is 0.0119. The number of pyridine rings is 2. The number of rotatable bonds is 11. The van der Waals surface area contributed by atoms with Crippen LogP contribution in [0.4, 0.5) is 28.9 Å². The lowest BCUT2D eigenvalue weighted by Gasteiger charge is -2.39. The van der Waals surface area contributed by atoms with Gasteiger partial charge in [0.2, 0.25) is 17.7 Å². The predicted octanol–water partition coefficient (Wildman–Crippen LogP) is 5.56. The van der Waals surface area contributed by atoms with E-state index in [0.717, 1.165) is 56.8 Å². The van der Waals surface area contributed by atoms with Crippen molar-refractivity contribution in [1.82, 2.24) is 39.0 Å². The standard InChI is InChI=1S/C53H58F4N10O5/c1-58-42-26-47(69)66(30-41(42)57)43-5-12-59-49-36(43)24-35(61(49)2)29-62-13-8-32(9-14-62)48-39(55)22-33(23-40(48)56)51(71)65-15-6-31(7-16-65)27-63-17-19-64(20-18-63)28-34-21-37-45(25-38(34)54)67(52(72)53(37)10-11-53)44-3-4-46(68)60-50(44)70/h5,12,21-26,30-32,44,58H,3-4,6-11,13-20,27-29H2,1-2H3,(H,60,68,70). The SMILES string of the molecule is CNc1cc(=O)n(-c2ccnc3c2cc(CN2CCC(c4c(F)cc(C(=O)N5CCC(CN6CCN(Cc7cc8c(cc7F)N(C7CCC(=O)NC7=O)C(=O)C87CC7)CC6)CC5)cc4F)CC2)n3C)cc1F. The Labute approximate surface area is 413 Å². The first-order chi connectivity index (χ1) is 34.7. The second-order valence-corrected chi connectivity index (χ2v) is 20.7. The lowest BCUT2D eigenvalue weighted by Crippen LogP contribution is -2.54. The number of hydrogen-bond donors (Lipinski definition) is 2. The summed E-state index contributed by atoms with van der Waals surface area (Å²) >= 11 is 0. The van der Waals surface area contributed by atoms with Crippen molar-refractivity contribution < 1.29 is 36.7 Å². The Hall–Kier alpha value is -6.44. The molecule has 1 saturated carbocycles. The quantitative estimate of drug-likeness (QED) is 0.128. The average molecular weight is 991 g/mol. The van der Waals surface area contributed by atoms with E-state index in [-0.39, 0.29) is 58.9 Å². The first-order valence-corrected chi connectivity index (χ1v) is 25.2. The Morgan fingerprint density at radius 1 is 0.778 bits per heavy atom. The van der Waals surface area contributed by atoms with Crippen LogP contribution in [0, 0.1) is 29.2 Å². The summed E-state index contributed by atoms with van der Waals surface area (Å²) in [4.78, 5) is 79.3. The van der Waals surface area contributed by atoms with E-state index in [2.05, 4.69) is 30.3 Å². The normalized spacial score (nSPS) is 21.2. The molecule has 19 heteroatoms. The van der Waals surface area contributed by atoms with Crippen molar-refractivity contribution in [3.63, 3.8) is 0 Å². The summed E-state index contributed by atoms with van der Waals surface area (Å²) in [6.07, 6.45) is 6.98. The van der Waals surface area contributed by atoms with Crippen molar-refractivity contribution in [3.8, 4) is 5.69 Å². The first kappa shape index (κ1) is 47.9. The number of aromatic nitrogens is 3. The molecule has 11 rings (SSSR count). The van der Waals surface area contributed by atoms with Gasteiger partial charge in [0.15, 0.2) is 5.82 Å². The molecule has 72 heavy (non-hydrogen) atoms. The molecule has 378 valence electrons. The van der Waals surface area contributed by atoms with E-state index in [0.29, 0.717) is 98.8 Å². The number of piperidine rings is 3. The molecule has 2 N–H and O–H groups in total. The number of carbonyl (C=O) groups excluding carboxylic acids is 4. The average Bonchev–Trinajstić information content (AvgIpc) is 4.07. The Morgan fingerprint density at radius 3 is 2.15 bits per heavy atom. The summed E-state index contributed by atoms with van der Waals surface area (Å²) in [6.45, 7) is 7.02. The smallest absolute Gasteiger partial charge is 0.257 e. The molecule has 8 heterocycles. The van der Waals surface area contributed by atoms with Crippen LogP contribution < -0.4 is 21.1 Å². The molecule has 0 radical (unpaired) electrons. The van der Waals surface area contributed by atoms with Gasteiger partial charge in [0.25, 0.3) is 11.5 Å². The second kappa shape index (κ2) is 18.9. The number of imide groups is 1. The largest absolute Gasteiger partial charge is 0.386 e.